The minimum Gasteiger partial charge on any atom is -0.492 e. The Morgan fingerprint density at radius 2 is 2.06 bits per heavy atom. The zero-order valence-electron chi connectivity index (χ0n) is 11.0. The van der Waals surface area contributed by atoms with Gasteiger partial charge in [0, 0.05) is 12.1 Å². The Balaban J connectivity index is 0.00000289. The highest BCUT2D eigenvalue weighted by molar-refractivity contribution is 6.32. The minimum atomic E-state index is -0.287. The van der Waals surface area contributed by atoms with Crippen molar-refractivity contribution in [2.24, 2.45) is 0 Å². The number of ether oxygens (including phenoxy) is 1. The summed E-state index contributed by atoms with van der Waals surface area (Å²) < 4.78 is 5.37. The predicted molar refractivity (Wildman–Crippen MR) is 77.9 cm³/mol. The van der Waals surface area contributed by atoms with Crippen molar-refractivity contribution in [3.8, 4) is 5.75 Å². The number of hydrogen-bond donors (Lipinski definition) is 2. The highest BCUT2D eigenvalue weighted by Crippen LogP contribution is 2.25. The summed E-state index contributed by atoms with van der Waals surface area (Å²) in [5, 5.41) is 13.0. The number of hydrogen-bond acceptors (Lipinski definition) is 3. The van der Waals surface area contributed by atoms with Gasteiger partial charge in [0.15, 0.2) is 0 Å². The van der Waals surface area contributed by atoms with Crippen molar-refractivity contribution in [3.05, 3.63) is 28.8 Å². The van der Waals surface area contributed by atoms with Gasteiger partial charge >= 0.3 is 0 Å². The van der Waals surface area contributed by atoms with Gasteiger partial charge in [-0.15, -0.1) is 12.4 Å². The molecule has 0 aliphatic rings. The number of aliphatic hydroxyl groups excluding tert-OH is 1. The van der Waals surface area contributed by atoms with Crippen LogP contribution in [0.3, 0.4) is 0 Å². The molecule has 0 aliphatic carbocycles. The summed E-state index contributed by atoms with van der Waals surface area (Å²) >= 11 is 6.09. The van der Waals surface area contributed by atoms with E-state index >= 15 is 0 Å². The Kier molecular flexibility index (Phi) is 7.64. The molecule has 2 N–H and O–H groups in total. The van der Waals surface area contributed by atoms with Crippen LogP contribution in [0.5, 0.6) is 5.75 Å². The second-order valence-corrected chi connectivity index (χ2v) is 5.00. The van der Waals surface area contributed by atoms with E-state index in [2.05, 4.69) is 5.32 Å². The molecular formula is C13H21Cl2NO2. The summed E-state index contributed by atoms with van der Waals surface area (Å²) in [5.74, 6) is 0.708. The third kappa shape index (κ3) is 5.44. The summed E-state index contributed by atoms with van der Waals surface area (Å²) in [6.07, 6.45) is 0. The second kappa shape index (κ2) is 7.85. The highest BCUT2D eigenvalue weighted by Gasteiger charge is 2.15. The van der Waals surface area contributed by atoms with Crippen molar-refractivity contribution in [2.75, 3.05) is 13.2 Å². The highest BCUT2D eigenvalue weighted by atomic mass is 35.5. The molecule has 0 spiro atoms. The molecule has 0 saturated carbocycles. The zero-order valence-corrected chi connectivity index (χ0v) is 12.6. The summed E-state index contributed by atoms with van der Waals surface area (Å²) in [5.41, 5.74) is 0.783. The first-order chi connectivity index (χ1) is 7.98. The largest absolute Gasteiger partial charge is 0.492 e. The van der Waals surface area contributed by atoms with E-state index in [9.17, 15) is 0 Å². The lowest BCUT2D eigenvalue weighted by atomic mass is 10.1. The molecule has 0 aromatic heterocycles. The molecule has 0 fully saturated rings. The van der Waals surface area contributed by atoms with Crippen LogP contribution in [0.2, 0.25) is 5.02 Å². The van der Waals surface area contributed by atoms with E-state index in [0.717, 1.165) is 5.56 Å². The Labute approximate surface area is 120 Å². The van der Waals surface area contributed by atoms with E-state index in [1.807, 2.05) is 39.0 Å². The maximum atomic E-state index is 9.13. The van der Waals surface area contributed by atoms with Crippen LogP contribution in [0.1, 0.15) is 26.3 Å². The van der Waals surface area contributed by atoms with Gasteiger partial charge in [-0.05, 0) is 38.5 Å². The summed E-state index contributed by atoms with van der Waals surface area (Å²) in [7, 11) is 0. The molecule has 5 heteroatoms. The van der Waals surface area contributed by atoms with E-state index in [1.54, 1.807) is 0 Å². The first-order valence-electron chi connectivity index (χ1n) is 5.75. The molecular weight excluding hydrogens is 273 g/mol. The van der Waals surface area contributed by atoms with Crippen LogP contribution in [0, 0.1) is 0 Å². The molecule has 0 aliphatic heterocycles. The van der Waals surface area contributed by atoms with Crippen molar-refractivity contribution in [1.82, 2.24) is 5.32 Å². The molecule has 0 saturated heterocycles. The summed E-state index contributed by atoms with van der Waals surface area (Å²) in [6, 6.07) is 5.72. The van der Waals surface area contributed by atoms with Gasteiger partial charge in [-0.2, -0.15) is 0 Å². The van der Waals surface area contributed by atoms with Crippen LogP contribution >= 0.6 is 24.0 Å². The lowest BCUT2D eigenvalue weighted by Crippen LogP contribution is -2.42. The standard InChI is InChI=1S/C13H20ClNO2.ClH/c1-4-17-12-6-5-10(7-11(12)14)8-15-13(2,3)9-16;/h5-7,15-16H,4,8-9H2,1-3H3;1H. The Morgan fingerprint density at radius 1 is 1.39 bits per heavy atom. The molecule has 1 aromatic rings. The Hall–Kier alpha value is -0.480. The van der Waals surface area contributed by atoms with Gasteiger partial charge < -0.3 is 15.2 Å². The maximum Gasteiger partial charge on any atom is 0.137 e. The molecule has 0 bridgehead atoms. The lowest BCUT2D eigenvalue weighted by Gasteiger charge is -2.23. The zero-order chi connectivity index (χ0) is 12.9. The van der Waals surface area contributed by atoms with Crippen molar-refractivity contribution < 1.29 is 9.84 Å². The molecule has 0 amide bonds. The number of benzene rings is 1. The number of aliphatic hydroxyl groups is 1. The normalized spacial score (nSPS) is 10.9. The molecule has 1 aromatic carbocycles. The van der Waals surface area contributed by atoms with Gasteiger partial charge in [-0.1, -0.05) is 17.7 Å². The van der Waals surface area contributed by atoms with Crippen molar-refractivity contribution in [2.45, 2.75) is 32.9 Å². The molecule has 18 heavy (non-hydrogen) atoms. The van der Waals surface area contributed by atoms with Crippen LogP contribution < -0.4 is 10.1 Å². The molecule has 104 valence electrons. The number of nitrogens with one attached hydrogen (secondary N) is 1. The summed E-state index contributed by atoms with van der Waals surface area (Å²) in [6.45, 7) is 7.19. The van der Waals surface area contributed by atoms with E-state index in [-0.39, 0.29) is 24.6 Å². The maximum absolute atomic E-state index is 9.13. The molecule has 0 radical (unpaired) electrons. The van der Waals surface area contributed by atoms with Crippen molar-refractivity contribution in [1.29, 1.82) is 0 Å². The molecule has 0 atom stereocenters. The van der Waals surface area contributed by atoms with Gasteiger partial charge in [-0.3, -0.25) is 0 Å². The third-order valence-electron chi connectivity index (χ3n) is 2.46. The fourth-order valence-electron chi connectivity index (χ4n) is 1.32. The number of halogens is 2. The topological polar surface area (TPSA) is 41.5 Å². The fourth-order valence-corrected chi connectivity index (χ4v) is 1.58. The van der Waals surface area contributed by atoms with E-state index in [1.165, 1.54) is 0 Å². The van der Waals surface area contributed by atoms with Crippen LogP contribution in [-0.2, 0) is 6.54 Å². The van der Waals surface area contributed by atoms with Crippen molar-refractivity contribution >= 4 is 24.0 Å². The first kappa shape index (κ1) is 17.5. The van der Waals surface area contributed by atoms with Gasteiger partial charge in [0.05, 0.1) is 18.2 Å². The van der Waals surface area contributed by atoms with Crippen LogP contribution in [-0.4, -0.2) is 23.9 Å². The quantitative estimate of drug-likeness (QED) is 0.847. The SMILES string of the molecule is CCOc1ccc(CNC(C)(C)CO)cc1Cl.Cl. The van der Waals surface area contributed by atoms with E-state index < -0.39 is 0 Å². The van der Waals surface area contributed by atoms with Crippen LogP contribution in [0.15, 0.2) is 18.2 Å². The molecule has 1 rings (SSSR count). The fraction of sp³-hybridized carbons (Fsp3) is 0.538. The predicted octanol–water partition coefficient (Wildman–Crippen LogP) is 3.02. The van der Waals surface area contributed by atoms with Crippen LogP contribution in [0.25, 0.3) is 0 Å². The Bertz CT molecular complexity index is 370. The van der Waals surface area contributed by atoms with Gasteiger partial charge in [-0.25, -0.2) is 0 Å². The molecule has 3 nitrogen and oxygen atoms in total. The van der Waals surface area contributed by atoms with Gasteiger partial charge in [0.1, 0.15) is 5.75 Å². The molecule has 0 heterocycles. The minimum absolute atomic E-state index is 0. The number of rotatable bonds is 6. The smallest absolute Gasteiger partial charge is 0.137 e. The lowest BCUT2D eigenvalue weighted by molar-refractivity contribution is 0.187. The van der Waals surface area contributed by atoms with Gasteiger partial charge in [0.2, 0.25) is 0 Å². The van der Waals surface area contributed by atoms with E-state index in [0.29, 0.717) is 23.9 Å². The average Bonchev–Trinajstić information content (AvgIpc) is 2.30. The Morgan fingerprint density at radius 3 is 2.56 bits per heavy atom. The second-order valence-electron chi connectivity index (χ2n) is 4.59. The van der Waals surface area contributed by atoms with E-state index in [4.69, 9.17) is 21.4 Å². The molecule has 0 unspecified atom stereocenters. The van der Waals surface area contributed by atoms with Gasteiger partial charge in [0.25, 0.3) is 0 Å². The first-order valence-corrected chi connectivity index (χ1v) is 6.13. The van der Waals surface area contributed by atoms with Crippen LogP contribution in [0.4, 0.5) is 0 Å². The monoisotopic (exact) mass is 293 g/mol. The third-order valence-corrected chi connectivity index (χ3v) is 2.76. The van der Waals surface area contributed by atoms with Crippen molar-refractivity contribution in [3.63, 3.8) is 0 Å². The summed E-state index contributed by atoms with van der Waals surface area (Å²) in [4.78, 5) is 0. The average molecular weight is 294 g/mol.